The molecular formula is C14H15N3O3S. The van der Waals surface area contributed by atoms with Crippen molar-refractivity contribution >= 4 is 27.3 Å². The predicted octanol–water partition coefficient (Wildman–Crippen LogP) is 1.48. The topological polar surface area (TPSA) is 115 Å². The summed E-state index contributed by atoms with van der Waals surface area (Å²) in [5.41, 5.74) is 8.08. The lowest BCUT2D eigenvalue weighted by Crippen LogP contribution is -2.14. The summed E-state index contributed by atoms with van der Waals surface area (Å²) in [5.74, 6) is -0.329. The average Bonchev–Trinajstić information content (AvgIpc) is 2.41. The van der Waals surface area contributed by atoms with Crippen molar-refractivity contribution in [2.24, 2.45) is 5.14 Å². The Morgan fingerprint density at radius 3 is 2.24 bits per heavy atom. The van der Waals surface area contributed by atoms with Gasteiger partial charge < -0.3 is 11.1 Å². The molecule has 7 heteroatoms. The molecule has 2 aromatic carbocycles. The molecule has 5 N–H and O–H groups in total. The maximum absolute atomic E-state index is 12.0. The smallest absolute Gasteiger partial charge is 0.255 e. The number of sulfonamides is 1. The Morgan fingerprint density at radius 1 is 1.10 bits per heavy atom. The van der Waals surface area contributed by atoms with Crippen LogP contribution in [-0.4, -0.2) is 14.3 Å². The Balaban J connectivity index is 2.18. The third-order valence-corrected chi connectivity index (χ3v) is 3.91. The van der Waals surface area contributed by atoms with Crippen LogP contribution in [0.3, 0.4) is 0 Å². The molecule has 110 valence electrons. The number of aryl methyl sites for hydroxylation is 1. The summed E-state index contributed by atoms with van der Waals surface area (Å²) in [7, 11) is -3.74. The van der Waals surface area contributed by atoms with E-state index in [1.165, 1.54) is 24.3 Å². The summed E-state index contributed by atoms with van der Waals surface area (Å²) in [6.07, 6.45) is 0. The van der Waals surface area contributed by atoms with Gasteiger partial charge in [0.15, 0.2) is 0 Å². The minimum atomic E-state index is -3.74. The molecule has 0 saturated carbocycles. The van der Waals surface area contributed by atoms with Gasteiger partial charge in [0, 0.05) is 16.9 Å². The molecule has 6 nitrogen and oxygen atoms in total. The number of carbonyl (C=O) groups excluding carboxylic acids is 1. The fourth-order valence-corrected chi connectivity index (χ4v) is 2.23. The van der Waals surface area contributed by atoms with Crippen LogP contribution in [0.25, 0.3) is 0 Å². The molecule has 0 unspecified atom stereocenters. The van der Waals surface area contributed by atoms with Crippen LogP contribution in [0.4, 0.5) is 11.4 Å². The Hall–Kier alpha value is -2.38. The van der Waals surface area contributed by atoms with E-state index in [9.17, 15) is 13.2 Å². The molecule has 0 aliphatic rings. The normalized spacial score (nSPS) is 11.1. The number of amides is 1. The third kappa shape index (κ3) is 3.59. The van der Waals surface area contributed by atoms with Gasteiger partial charge in [-0.15, -0.1) is 0 Å². The van der Waals surface area contributed by atoms with Gasteiger partial charge in [0.05, 0.1) is 4.90 Å². The SMILES string of the molecule is Cc1ccc(C(=O)Nc2ccc(S(N)(=O)=O)cc2)cc1N. The van der Waals surface area contributed by atoms with Crippen LogP contribution >= 0.6 is 0 Å². The number of rotatable bonds is 3. The summed E-state index contributed by atoms with van der Waals surface area (Å²) in [6.45, 7) is 1.85. The van der Waals surface area contributed by atoms with E-state index in [-0.39, 0.29) is 10.8 Å². The van der Waals surface area contributed by atoms with Crippen molar-refractivity contribution in [1.29, 1.82) is 0 Å². The number of anilines is 2. The number of nitrogens with one attached hydrogen (secondary N) is 1. The number of benzene rings is 2. The lowest BCUT2D eigenvalue weighted by molar-refractivity contribution is 0.102. The maximum Gasteiger partial charge on any atom is 0.255 e. The highest BCUT2D eigenvalue weighted by Crippen LogP contribution is 2.16. The third-order valence-electron chi connectivity index (χ3n) is 2.98. The molecule has 0 radical (unpaired) electrons. The first-order chi connectivity index (χ1) is 9.77. The van der Waals surface area contributed by atoms with Gasteiger partial charge in [-0.2, -0.15) is 0 Å². The average molecular weight is 305 g/mol. The molecule has 0 spiro atoms. The first-order valence-corrected chi connectivity index (χ1v) is 7.62. The van der Waals surface area contributed by atoms with Crippen molar-refractivity contribution < 1.29 is 13.2 Å². The van der Waals surface area contributed by atoms with Crippen molar-refractivity contribution in [3.8, 4) is 0 Å². The lowest BCUT2D eigenvalue weighted by atomic mass is 10.1. The van der Waals surface area contributed by atoms with Crippen molar-refractivity contribution in [1.82, 2.24) is 0 Å². The van der Waals surface area contributed by atoms with E-state index in [4.69, 9.17) is 10.9 Å². The fourth-order valence-electron chi connectivity index (χ4n) is 1.71. The summed E-state index contributed by atoms with van der Waals surface area (Å²) in [5, 5.41) is 7.65. The Labute approximate surface area is 122 Å². The highest BCUT2D eigenvalue weighted by Gasteiger charge is 2.10. The van der Waals surface area contributed by atoms with Crippen LogP contribution < -0.4 is 16.2 Å². The van der Waals surface area contributed by atoms with Gasteiger partial charge in [0.2, 0.25) is 10.0 Å². The second-order valence-electron chi connectivity index (χ2n) is 4.59. The van der Waals surface area contributed by atoms with E-state index in [2.05, 4.69) is 5.32 Å². The summed E-state index contributed by atoms with van der Waals surface area (Å²) >= 11 is 0. The number of nitrogens with two attached hydrogens (primary N) is 2. The van der Waals surface area contributed by atoms with Gasteiger partial charge in [-0.25, -0.2) is 13.6 Å². The second kappa shape index (κ2) is 5.55. The minimum Gasteiger partial charge on any atom is -0.398 e. The molecule has 0 aliphatic carbocycles. The standard InChI is InChI=1S/C14H15N3O3S/c1-9-2-3-10(8-13(9)15)14(18)17-11-4-6-12(7-5-11)21(16,19)20/h2-8H,15H2,1H3,(H,17,18)(H2,16,19,20). The minimum absolute atomic E-state index is 0.0138. The summed E-state index contributed by atoms with van der Waals surface area (Å²) < 4.78 is 22.3. The molecule has 2 rings (SSSR count). The highest BCUT2D eigenvalue weighted by atomic mass is 32.2. The van der Waals surface area contributed by atoms with Gasteiger partial charge in [0.1, 0.15) is 0 Å². The molecule has 0 fully saturated rings. The van der Waals surface area contributed by atoms with Crippen LogP contribution in [-0.2, 0) is 10.0 Å². The zero-order valence-electron chi connectivity index (χ0n) is 11.3. The Kier molecular flexibility index (Phi) is 3.97. The van der Waals surface area contributed by atoms with Crippen LogP contribution in [0, 0.1) is 6.92 Å². The molecule has 0 aliphatic heterocycles. The maximum atomic E-state index is 12.0. The Morgan fingerprint density at radius 2 is 1.71 bits per heavy atom. The van der Waals surface area contributed by atoms with E-state index in [0.29, 0.717) is 16.9 Å². The quantitative estimate of drug-likeness (QED) is 0.745. The van der Waals surface area contributed by atoms with E-state index in [1.807, 2.05) is 6.92 Å². The van der Waals surface area contributed by atoms with Crippen LogP contribution in [0.1, 0.15) is 15.9 Å². The van der Waals surface area contributed by atoms with Gasteiger partial charge >= 0.3 is 0 Å². The van der Waals surface area contributed by atoms with Crippen molar-refractivity contribution in [2.45, 2.75) is 11.8 Å². The van der Waals surface area contributed by atoms with Crippen molar-refractivity contribution in [3.63, 3.8) is 0 Å². The van der Waals surface area contributed by atoms with Crippen molar-refractivity contribution in [3.05, 3.63) is 53.6 Å². The summed E-state index contributed by atoms with van der Waals surface area (Å²) in [4.78, 5) is 12.0. The summed E-state index contributed by atoms with van der Waals surface area (Å²) in [6, 6.07) is 10.6. The molecule has 0 heterocycles. The van der Waals surface area contributed by atoms with Gasteiger partial charge in [-0.05, 0) is 48.9 Å². The van der Waals surface area contributed by atoms with Crippen LogP contribution in [0.5, 0.6) is 0 Å². The van der Waals surface area contributed by atoms with E-state index in [0.717, 1.165) is 5.56 Å². The lowest BCUT2D eigenvalue weighted by Gasteiger charge is -2.07. The first-order valence-electron chi connectivity index (χ1n) is 6.08. The van der Waals surface area contributed by atoms with E-state index < -0.39 is 10.0 Å². The largest absolute Gasteiger partial charge is 0.398 e. The van der Waals surface area contributed by atoms with Crippen LogP contribution in [0.15, 0.2) is 47.4 Å². The van der Waals surface area contributed by atoms with Gasteiger partial charge in [-0.3, -0.25) is 4.79 Å². The molecule has 0 atom stereocenters. The molecule has 1 amide bonds. The number of primary sulfonamides is 1. The van der Waals surface area contributed by atoms with Gasteiger partial charge in [0.25, 0.3) is 5.91 Å². The molecule has 0 aromatic heterocycles. The van der Waals surface area contributed by atoms with Crippen LogP contribution in [0.2, 0.25) is 0 Å². The Bertz CT molecular complexity index is 784. The molecule has 2 aromatic rings. The molecule has 0 saturated heterocycles. The second-order valence-corrected chi connectivity index (χ2v) is 6.16. The number of carbonyl (C=O) groups is 1. The van der Waals surface area contributed by atoms with E-state index in [1.54, 1.807) is 18.2 Å². The molecular weight excluding hydrogens is 290 g/mol. The molecule has 0 bridgehead atoms. The van der Waals surface area contributed by atoms with Crippen molar-refractivity contribution in [2.75, 3.05) is 11.1 Å². The number of nitrogen functional groups attached to an aromatic ring is 1. The zero-order chi connectivity index (χ0) is 15.6. The van der Waals surface area contributed by atoms with Gasteiger partial charge in [-0.1, -0.05) is 6.07 Å². The number of hydrogen-bond donors (Lipinski definition) is 3. The fraction of sp³-hybridized carbons (Fsp3) is 0.0714. The first kappa shape index (κ1) is 15.0. The monoisotopic (exact) mass is 305 g/mol. The van der Waals surface area contributed by atoms with E-state index >= 15 is 0 Å². The zero-order valence-corrected chi connectivity index (χ0v) is 12.1. The highest BCUT2D eigenvalue weighted by molar-refractivity contribution is 7.89. The predicted molar refractivity (Wildman–Crippen MR) is 81.4 cm³/mol. The molecule has 21 heavy (non-hydrogen) atoms. The number of hydrogen-bond acceptors (Lipinski definition) is 4.